The Morgan fingerprint density at radius 2 is 2.05 bits per heavy atom. The summed E-state index contributed by atoms with van der Waals surface area (Å²) in [7, 11) is 1.67. The van der Waals surface area contributed by atoms with E-state index in [0.717, 1.165) is 28.6 Å². The smallest absolute Gasteiger partial charge is 0.243 e. The lowest BCUT2D eigenvalue weighted by Crippen LogP contribution is -2.40. The van der Waals surface area contributed by atoms with Crippen molar-refractivity contribution in [3.8, 4) is 0 Å². The Labute approximate surface area is 139 Å². The first kappa shape index (κ1) is 17.0. The number of likely N-dealkylation sites (N-methyl/N-ethyl adjacent to an activating group) is 1. The summed E-state index contributed by atoms with van der Waals surface area (Å²) < 4.78 is 6.23. The lowest BCUT2D eigenvalue weighted by atomic mass is 9.99. The third kappa shape index (κ3) is 4.55. The Kier molecular flexibility index (Phi) is 5.97. The van der Waals surface area contributed by atoms with Gasteiger partial charge in [0.1, 0.15) is 0 Å². The highest BCUT2D eigenvalue weighted by Gasteiger charge is 2.25. The second-order valence-electron chi connectivity index (χ2n) is 5.59. The lowest BCUT2D eigenvalue weighted by Gasteiger charge is -2.26. The first-order chi connectivity index (χ1) is 10.5. The van der Waals surface area contributed by atoms with E-state index in [1.807, 2.05) is 25.1 Å². The van der Waals surface area contributed by atoms with E-state index in [2.05, 4.69) is 21.2 Å². The number of benzene rings is 1. The zero-order valence-electron chi connectivity index (χ0n) is 12.9. The summed E-state index contributed by atoms with van der Waals surface area (Å²) in [5, 5.41) is 2.85. The molecule has 0 spiro atoms. The highest BCUT2D eigenvalue weighted by atomic mass is 79.9. The van der Waals surface area contributed by atoms with Gasteiger partial charge in [-0.2, -0.15) is 0 Å². The van der Waals surface area contributed by atoms with Gasteiger partial charge in [-0.3, -0.25) is 9.59 Å². The fraction of sp³-hybridized carbons (Fsp3) is 0.500. The number of nitrogens with zero attached hydrogens (tertiary/aromatic N) is 1. The summed E-state index contributed by atoms with van der Waals surface area (Å²) in [4.78, 5) is 25.9. The molecule has 1 fully saturated rings. The van der Waals surface area contributed by atoms with Crippen LogP contribution in [0.15, 0.2) is 22.7 Å². The van der Waals surface area contributed by atoms with E-state index in [0.29, 0.717) is 13.2 Å². The lowest BCUT2D eigenvalue weighted by molar-refractivity contribution is -0.139. The van der Waals surface area contributed by atoms with Gasteiger partial charge in [0.25, 0.3) is 0 Å². The van der Waals surface area contributed by atoms with E-state index in [-0.39, 0.29) is 24.3 Å². The molecule has 1 saturated heterocycles. The van der Waals surface area contributed by atoms with E-state index in [4.69, 9.17) is 4.74 Å². The molecule has 1 heterocycles. The van der Waals surface area contributed by atoms with Crippen LogP contribution in [0.1, 0.15) is 18.4 Å². The molecular weight excluding hydrogens is 348 g/mol. The molecule has 120 valence electrons. The number of nitrogens with one attached hydrogen (secondary N) is 1. The molecule has 2 rings (SSSR count). The fourth-order valence-electron chi connectivity index (χ4n) is 2.51. The summed E-state index contributed by atoms with van der Waals surface area (Å²) in [6.45, 7) is 3.23. The molecule has 0 saturated carbocycles. The topological polar surface area (TPSA) is 58.6 Å². The van der Waals surface area contributed by atoms with Gasteiger partial charge in [0.15, 0.2) is 0 Å². The molecule has 1 aromatic rings. The van der Waals surface area contributed by atoms with Gasteiger partial charge in [-0.15, -0.1) is 0 Å². The van der Waals surface area contributed by atoms with Crippen molar-refractivity contribution >= 4 is 33.4 Å². The molecular formula is C16H21BrN2O3. The van der Waals surface area contributed by atoms with Crippen LogP contribution in [-0.2, 0) is 14.3 Å². The van der Waals surface area contributed by atoms with Gasteiger partial charge in [-0.05, 0) is 43.5 Å². The fourth-order valence-corrected chi connectivity index (χ4v) is 2.98. The highest BCUT2D eigenvalue weighted by Crippen LogP contribution is 2.20. The Hall–Kier alpha value is -1.40. The Morgan fingerprint density at radius 1 is 1.36 bits per heavy atom. The third-order valence-electron chi connectivity index (χ3n) is 3.79. The number of amides is 2. The number of carbonyl (C=O) groups is 2. The molecule has 5 nitrogen and oxygen atoms in total. The average molecular weight is 369 g/mol. The maximum atomic E-state index is 12.3. The molecule has 1 aromatic carbocycles. The first-order valence-corrected chi connectivity index (χ1v) is 8.15. The van der Waals surface area contributed by atoms with Crippen molar-refractivity contribution in [3.63, 3.8) is 0 Å². The standard InChI is InChI=1S/C16H21BrN2O3/c1-11-9-13(17)3-4-14(11)18-15(20)10-19(2)16(21)12-5-7-22-8-6-12/h3-4,9,12H,5-8,10H2,1-2H3,(H,18,20). The normalized spacial score (nSPS) is 15.4. The van der Waals surface area contributed by atoms with Crippen molar-refractivity contribution in [2.45, 2.75) is 19.8 Å². The van der Waals surface area contributed by atoms with Crippen LogP contribution in [0.5, 0.6) is 0 Å². The number of carbonyl (C=O) groups excluding carboxylic acids is 2. The SMILES string of the molecule is Cc1cc(Br)ccc1NC(=O)CN(C)C(=O)C1CCOCC1. The quantitative estimate of drug-likeness (QED) is 0.888. The third-order valence-corrected chi connectivity index (χ3v) is 4.28. The van der Waals surface area contributed by atoms with Crippen LogP contribution in [0.2, 0.25) is 0 Å². The van der Waals surface area contributed by atoms with Crippen LogP contribution in [-0.4, -0.2) is 43.5 Å². The van der Waals surface area contributed by atoms with Crippen LogP contribution in [0.25, 0.3) is 0 Å². The summed E-state index contributed by atoms with van der Waals surface area (Å²) in [6, 6.07) is 5.66. The van der Waals surface area contributed by atoms with Gasteiger partial charge < -0.3 is 15.0 Å². The first-order valence-electron chi connectivity index (χ1n) is 7.36. The van der Waals surface area contributed by atoms with Gasteiger partial charge in [0.05, 0.1) is 6.54 Å². The molecule has 1 aliphatic heterocycles. The maximum Gasteiger partial charge on any atom is 0.243 e. The van der Waals surface area contributed by atoms with E-state index in [1.165, 1.54) is 4.90 Å². The van der Waals surface area contributed by atoms with Gasteiger partial charge >= 0.3 is 0 Å². The number of halogens is 1. The maximum absolute atomic E-state index is 12.3. The average Bonchev–Trinajstić information content (AvgIpc) is 2.50. The molecule has 0 aromatic heterocycles. The molecule has 2 amide bonds. The van der Waals surface area contributed by atoms with E-state index < -0.39 is 0 Å². The number of anilines is 1. The largest absolute Gasteiger partial charge is 0.381 e. The Morgan fingerprint density at radius 3 is 2.68 bits per heavy atom. The van der Waals surface area contributed by atoms with Gasteiger partial charge in [-0.1, -0.05) is 15.9 Å². The summed E-state index contributed by atoms with van der Waals surface area (Å²) in [5.74, 6) is -0.194. The van der Waals surface area contributed by atoms with Gasteiger partial charge in [-0.25, -0.2) is 0 Å². The second-order valence-corrected chi connectivity index (χ2v) is 6.50. The number of hydrogen-bond acceptors (Lipinski definition) is 3. The van der Waals surface area contributed by atoms with Crippen molar-refractivity contribution in [2.75, 3.05) is 32.1 Å². The summed E-state index contributed by atoms with van der Waals surface area (Å²) in [5.41, 5.74) is 1.74. The van der Waals surface area contributed by atoms with Crippen molar-refractivity contribution in [1.29, 1.82) is 0 Å². The molecule has 0 unspecified atom stereocenters. The van der Waals surface area contributed by atoms with Crippen LogP contribution < -0.4 is 5.32 Å². The van der Waals surface area contributed by atoms with Crippen molar-refractivity contribution < 1.29 is 14.3 Å². The predicted molar refractivity (Wildman–Crippen MR) is 88.7 cm³/mol. The van der Waals surface area contributed by atoms with Crippen molar-refractivity contribution in [3.05, 3.63) is 28.2 Å². The molecule has 0 aliphatic carbocycles. The number of ether oxygens (including phenoxy) is 1. The molecule has 0 radical (unpaired) electrons. The van der Waals surface area contributed by atoms with E-state index >= 15 is 0 Å². The van der Waals surface area contributed by atoms with Gasteiger partial charge in [0.2, 0.25) is 11.8 Å². The summed E-state index contributed by atoms with van der Waals surface area (Å²) in [6.07, 6.45) is 1.47. The van der Waals surface area contributed by atoms with E-state index in [1.54, 1.807) is 7.05 Å². The Balaban J connectivity index is 1.89. The monoisotopic (exact) mass is 368 g/mol. The van der Waals surface area contributed by atoms with Crippen LogP contribution in [0.4, 0.5) is 5.69 Å². The van der Waals surface area contributed by atoms with Crippen molar-refractivity contribution in [2.24, 2.45) is 5.92 Å². The van der Waals surface area contributed by atoms with Crippen LogP contribution >= 0.6 is 15.9 Å². The zero-order valence-corrected chi connectivity index (χ0v) is 14.5. The number of rotatable bonds is 4. The minimum Gasteiger partial charge on any atom is -0.381 e. The van der Waals surface area contributed by atoms with Crippen LogP contribution in [0, 0.1) is 12.8 Å². The highest BCUT2D eigenvalue weighted by molar-refractivity contribution is 9.10. The Bertz CT molecular complexity index is 556. The van der Waals surface area contributed by atoms with Crippen molar-refractivity contribution in [1.82, 2.24) is 4.90 Å². The minimum atomic E-state index is -0.187. The second kappa shape index (κ2) is 7.74. The molecule has 1 aliphatic rings. The number of aryl methyl sites for hydroxylation is 1. The molecule has 1 N–H and O–H groups in total. The minimum absolute atomic E-state index is 0.0194. The van der Waals surface area contributed by atoms with Crippen LogP contribution in [0.3, 0.4) is 0 Å². The molecule has 0 atom stereocenters. The summed E-state index contributed by atoms with van der Waals surface area (Å²) >= 11 is 3.39. The molecule has 6 heteroatoms. The van der Waals surface area contributed by atoms with Gasteiger partial charge in [0, 0.05) is 36.3 Å². The molecule has 22 heavy (non-hydrogen) atoms. The number of hydrogen-bond donors (Lipinski definition) is 1. The predicted octanol–water partition coefficient (Wildman–Crippen LogP) is 2.58. The zero-order chi connectivity index (χ0) is 16.1. The van der Waals surface area contributed by atoms with E-state index in [9.17, 15) is 9.59 Å². The molecule has 0 bridgehead atoms.